The van der Waals surface area contributed by atoms with Crippen LogP contribution in [-0.2, 0) is 22.4 Å². The van der Waals surface area contributed by atoms with E-state index in [9.17, 15) is 9.59 Å². The maximum Gasteiger partial charge on any atom is 0.220 e. The fourth-order valence-electron chi connectivity index (χ4n) is 2.84. The predicted molar refractivity (Wildman–Crippen MR) is 107 cm³/mol. The molecule has 1 N–H and O–H groups in total. The van der Waals surface area contributed by atoms with E-state index in [1.165, 1.54) is 0 Å². The number of ether oxygens (including phenoxy) is 1. The van der Waals surface area contributed by atoms with E-state index < -0.39 is 0 Å². The van der Waals surface area contributed by atoms with Crippen LogP contribution in [0.3, 0.4) is 0 Å². The summed E-state index contributed by atoms with van der Waals surface area (Å²) in [5, 5.41) is 2.90. The minimum atomic E-state index is 0.00940. The Kier molecular flexibility index (Phi) is 8.36. The molecule has 0 atom stereocenters. The van der Waals surface area contributed by atoms with Gasteiger partial charge in [0.05, 0.1) is 7.11 Å². The van der Waals surface area contributed by atoms with Crippen LogP contribution >= 0.6 is 0 Å². The molecule has 144 valence electrons. The van der Waals surface area contributed by atoms with E-state index in [2.05, 4.69) is 5.32 Å². The summed E-state index contributed by atoms with van der Waals surface area (Å²) >= 11 is 0. The fraction of sp³-hybridized carbons (Fsp3) is 0.364. The van der Waals surface area contributed by atoms with Crippen molar-refractivity contribution in [3.63, 3.8) is 0 Å². The third-order valence-electron chi connectivity index (χ3n) is 4.44. The van der Waals surface area contributed by atoms with Crippen LogP contribution in [0.4, 0.5) is 0 Å². The highest BCUT2D eigenvalue weighted by Crippen LogP contribution is 2.13. The molecule has 0 heterocycles. The van der Waals surface area contributed by atoms with E-state index in [1.54, 1.807) is 18.9 Å². The van der Waals surface area contributed by atoms with Crippen molar-refractivity contribution >= 4 is 11.8 Å². The number of amides is 2. The van der Waals surface area contributed by atoms with Crippen LogP contribution in [0.1, 0.15) is 24.5 Å². The van der Waals surface area contributed by atoms with E-state index >= 15 is 0 Å². The molecule has 0 unspecified atom stereocenters. The number of nitrogens with zero attached hydrogens (tertiary/aromatic N) is 1. The number of aryl methyl sites for hydroxylation is 1. The van der Waals surface area contributed by atoms with Crippen LogP contribution in [0.15, 0.2) is 54.6 Å². The van der Waals surface area contributed by atoms with Gasteiger partial charge in [-0.1, -0.05) is 42.5 Å². The van der Waals surface area contributed by atoms with Crippen molar-refractivity contribution in [3.8, 4) is 5.75 Å². The zero-order valence-corrected chi connectivity index (χ0v) is 16.1. The van der Waals surface area contributed by atoms with Crippen molar-refractivity contribution in [1.29, 1.82) is 0 Å². The highest BCUT2D eigenvalue weighted by molar-refractivity contribution is 5.76. The summed E-state index contributed by atoms with van der Waals surface area (Å²) in [4.78, 5) is 25.6. The molecule has 0 aliphatic heterocycles. The molecule has 0 bridgehead atoms. The number of methoxy groups -OCH3 is 1. The topological polar surface area (TPSA) is 58.6 Å². The molecule has 5 heteroatoms. The highest BCUT2D eigenvalue weighted by atomic mass is 16.5. The monoisotopic (exact) mass is 368 g/mol. The van der Waals surface area contributed by atoms with E-state index in [0.29, 0.717) is 26.1 Å². The molecule has 0 saturated heterocycles. The van der Waals surface area contributed by atoms with Crippen molar-refractivity contribution in [1.82, 2.24) is 10.2 Å². The molecule has 0 saturated carbocycles. The molecule has 0 spiro atoms. The number of hydrogen-bond donors (Lipinski definition) is 1. The summed E-state index contributed by atoms with van der Waals surface area (Å²) in [6.07, 6.45) is 1.92. The van der Waals surface area contributed by atoms with Crippen LogP contribution in [0, 0.1) is 0 Å². The van der Waals surface area contributed by atoms with Crippen LogP contribution < -0.4 is 10.1 Å². The number of carbonyl (C=O) groups is 2. The van der Waals surface area contributed by atoms with Crippen molar-refractivity contribution in [3.05, 3.63) is 65.7 Å². The van der Waals surface area contributed by atoms with Gasteiger partial charge in [-0.2, -0.15) is 0 Å². The van der Waals surface area contributed by atoms with Crippen molar-refractivity contribution < 1.29 is 14.3 Å². The molecule has 0 aliphatic rings. The summed E-state index contributed by atoms with van der Waals surface area (Å²) in [5.74, 6) is 0.833. The summed E-state index contributed by atoms with van der Waals surface area (Å²) in [6.45, 7) is 3.15. The number of nitrogens with one attached hydrogen (secondary N) is 1. The molecular formula is C22H28N2O3. The predicted octanol–water partition coefficient (Wildman–Crippen LogP) is 2.84. The van der Waals surface area contributed by atoms with E-state index in [-0.39, 0.29) is 11.8 Å². The minimum absolute atomic E-state index is 0.00940. The summed E-state index contributed by atoms with van der Waals surface area (Å²) in [7, 11) is 1.64. The SMILES string of the molecule is COc1cccc(CCN(CCNC(=O)CCc2ccccc2)C(C)=O)c1. The lowest BCUT2D eigenvalue weighted by atomic mass is 10.1. The quantitative estimate of drug-likeness (QED) is 0.702. The molecule has 2 amide bonds. The van der Waals surface area contributed by atoms with Gasteiger partial charge in [0.1, 0.15) is 5.75 Å². The smallest absolute Gasteiger partial charge is 0.220 e. The molecule has 0 aliphatic carbocycles. The Morgan fingerprint density at radius 3 is 2.41 bits per heavy atom. The largest absolute Gasteiger partial charge is 0.497 e. The first kappa shape index (κ1) is 20.5. The second kappa shape index (κ2) is 11.0. The Morgan fingerprint density at radius 1 is 0.963 bits per heavy atom. The Morgan fingerprint density at radius 2 is 1.70 bits per heavy atom. The number of rotatable bonds is 10. The van der Waals surface area contributed by atoms with Crippen molar-refractivity contribution in [2.45, 2.75) is 26.2 Å². The number of carbonyl (C=O) groups excluding carboxylic acids is 2. The first-order valence-electron chi connectivity index (χ1n) is 9.27. The van der Waals surface area contributed by atoms with Gasteiger partial charge in [-0.15, -0.1) is 0 Å². The summed E-state index contributed by atoms with van der Waals surface area (Å²) in [6, 6.07) is 17.8. The Hall–Kier alpha value is -2.82. The molecule has 2 aromatic rings. The second-order valence-electron chi connectivity index (χ2n) is 6.44. The lowest BCUT2D eigenvalue weighted by molar-refractivity contribution is -0.129. The number of hydrogen-bond acceptors (Lipinski definition) is 3. The maximum absolute atomic E-state index is 12.0. The average molecular weight is 368 g/mol. The zero-order chi connectivity index (χ0) is 19.5. The van der Waals surface area contributed by atoms with E-state index in [4.69, 9.17) is 4.74 Å². The molecule has 27 heavy (non-hydrogen) atoms. The molecule has 0 fully saturated rings. The lowest BCUT2D eigenvalue weighted by Crippen LogP contribution is -2.38. The molecule has 2 aromatic carbocycles. The van der Waals surface area contributed by atoms with E-state index in [0.717, 1.165) is 29.7 Å². The van der Waals surface area contributed by atoms with Gasteiger partial charge >= 0.3 is 0 Å². The minimum Gasteiger partial charge on any atom is -0.497 e. The fourth-order valence-corrected chi connectivity index (χ4v) is 2.84. The third kappa shape index (κ3) is 7.52. The lowest BCUT2D eigenvalue weighted by Gasteiger charge is -2.21. The molecule has 5 nitrogen and oxygen atoms in total. The van der Waals surface area contributed by atoms with Gasteiger partial charge in [0.15, 0.2) is 0 Å². The standard InChI is InChI=1S/C22H28N2O3/c1-18(25)24(15-13-20-9-6-10-21(17-20)27-2)16-14-23-22(26)12-11-19-7-4-3-5-8-19/h3-10,17H,11-16H2,1-2H3,(H,23,26). The Bertz CT molecular complexity index is 731. The van der Waals surface area contributed by atoms with Crippen LogP contribution in [0.2, 0.25) is 0 Å². The van der Waals surface area contributed by atoms with Crippen LogP contribution in [-0.4, -0.2) is 43.5 Å². The maximum atomic E-state index is 12.0. The van der Waals surface area contributed by atoms with Crippen LogP contribution in [0.25, 0.3) is 0 Å². The molecule has 2 rings (SSSR count). The Labute approximate surface area is 161 Å². The first-order chi connectivity index (χ1) is 13.1. The Balaban J connectivity index is 1.72. The average Bonchev–Trinajstić information content (AvgIpc) is 2.69. The normalized spacial score (nSPS) is 10.3. The van der Waals surface area contributed by atoms with Gasteiger partial charge in [0.2, 0.25) is 11.8 Å². The molecule has 0 radical (unpaired) electrons. The van der Waals surface area contributed by atoms with Crippen LogP contribution in [0.5, 0.6) is 5.75 Å². The third-order valence-corrected chi connectivity index (χ3v) is 4.44. The van der Waals surface area contributed by atoms with Crippen molar-refractivity contribution in [2.75, 3.05) is 26.7 Å². The van der Waals surface area contributed by atoms with E-state index in [1.807, 2.05) is 54.6 Å². The number of benzene rings is 2. The van der Waals surface area contributed by atoms with Gasteiger partial charge in [-0.25, -0.2) is 0 Å². The summed E-state index contributed by atoms with van der Waals surface area (Å²) < 4.78 is 5.23. The second-order valence-corrected chi connectivity index (χ2v) is 6.44. The first-order valence-corrected chi connectivity index (χ1v) is 9.27. The van der Waals surface area contributed by atoms with Gasteiger partial charge in [-0.05, 0) is 36.1 Å². The molecule has 0 aromatic heterocycles. The van der Waals surface area contributed by atoms with Gasteiger partial charge in [0.25, 0.3) is 0 Å². The zero-order valence-electron chi connectivity index (χ0n) is 16.1. The van der Waals surface area contributed by atoms with Gasteiger partial charge < -0.3 is 15.0 Å². The van der Waals surface area contributed by atoms with Gasteiger partial charge in [-0.3, -0.25) is 9.59 Å². The van der Waals surface area contributed by atoms with Crippen molar-refractivity contribution in [2.24, 2.45) is 0 Å². The highest BCUT2D eigenvalue weighted by Gasteiger charge is 2.10. The summed E-state index contributed by atoms with van der Waals surface area (Å²) in [5.41, 5.74) is 2.27. The molecular weight excluding hydrogens is 340 g/mol. The van der Waals surface area contributed by atoms with Gasteiger partial charge in [0, 0.05) is 33.0 Å².